The van der Waals surface area contributed by atoms with Crippen LogP contribution in [0.5, 0.6) is 0 Å². The standard InChI is InChI=1S/C15H17N3O3/c1-8(2)14-17-12(7-13(19)18-14)16-10-5-4-9(3)11(6-10)15(20)21/h4-8H,1-3H3,(H,20,21)(H2,16,17,18,19). The Morgan fingerprint density at radius 1 is 1.33 bits per heavy atom. The molecule has 2 rings (SSSR count). The van der Waals surface area contributed by atoms with Gasteiger partial charge in [0.25, 0.3) is 5.56 Å². The number of nitrogens with one attached hydrogen (secondary N) is 2. The summed E-state index contributed by atoms with van der Waals surface area (Å²) >= 11 is 0. The number of aromatic amines is 1. The first-order valence-corrected chi connectivity index (χ1v) is 6.59. The van der Waals surface area contributed by atoms with Gasteiger partial charge in [-0.2, -0.15) is 0 Å². The number of aromatic nitrogens is 2. The summed E-state index contributed by atoms with van der Waals surface area (Å²) in [5, 5.41) is 12.1. The molecule has 2 aromatic rings. The lowest BCUT2D eigenvalue weighted by atomic mass is 10.1. The smallest absolute Gasteiger partial charge is 0.336 e. The largest absolute Gasteiger partial charge is 0.478 e. The summed E-state index contributed by atoms with van der Waals surface area (Å²) in [6, 6.07) is 6.32. The molecule has 0 saturated carbocycles. The van der Waals surface area contributed by atoms with Crippen molar-refractivity contribution < 1.29 is 9.90 Å². The molecule has 1 heterocycles. The van der Waals surface area contributed by atoms with E-state index in [9.17, 15) is 9.59 Å². The Hall–Kier alpha value is -2.63. The molecule has 1 aromatic heterocycles. The van der Waals surface area contributed by atoms with Crippen LogP contribution in [-0.2, 0) is 0 Å². The Morgan fingerprint density at radius 3 is 2.67 bits per heavy atom. The van der Waals surface area contributed by atoms with Crippen molar-refractivity contribution in [3.8, 4) is 0 Å². The van der Waals surface area contributed by atoms with E-state index >= 15 is 0 Å². The summed E-state index contributed by atoms with van der Waals surface area (Å²) < 4.78 is 0. The highest BCUT2D eigenvalue weighted by molar-refractivity contribution is 5.90. The lowest BCUT2D eigenvalue weighted by Gasteiger charge is -2.10. The third-order valence-electron chi connectivity index (χ3n) is 3.05. The van der Waals surface area contributed by atoms with Crippen molar-refractivity contribution in [1.82, 2.24) is 9.97 Å². The summed E-state index contributed by atoms with van der Waals surface area (Å²) in [7, 11) is 0. The lowest BCUT2D eigenvalue weighted by molar-refractivity contribution is 0.0696. The highest BCUT2D eigenvalue weighted by Gasteiger charge is 2.09. The third-order valence-corrected chi connectivity index (χ3v) is 3.05. The SMILES string of the molecule is Cc1ccc(Nc2cc(=O)[nH]c(C(C)C)n2)cc1C(=O)O. The van der Waals surface area contributed by atoms with Gasteiger partial charge in [-0.3, -0.25) is 4.79 Å². The monoisotopic (exact) mass is 287 g/mol. The van der Waals surface area contributed by atoms with Gasteiger partial charge in [0.05, 0.1) is 5.56 Å². The van der Waals surface area contributed by atoms with Gasteiger partial charge in [-0.05, 0) is 24.6 Å². The second-order valence-corrected chi connectivity index (χ2v) is 5.13. The Kier molecular flexibility index (Phi) is 4.07. The van der Waals surface area contributed by atoms with Crippen LogP contribution >= 0.6 is 0 Å². The van der Waals surface area contributed by atoms with Crippen molar-refractivity contribution in [2.24, 2.45) is 0 Å². The number of carboxylic acids is 1. The van der Waals surface area contributed by atoms with Crippen molar-refractivity contribution in [3.05, 3.63) is 51.6 Å². The number of nitrogens with zero attached hydrogens (tertiary/aromatic N) is 1. The van der Waals surface area contributed by atoms with Crippen molar-refractivity contribution in [1.29, 1.82) is 0 Å². The maximum atomic E-state index is 11.6. The number of hydrogen-bond acceptors (Lipinski definition) is 4. The van der Waals surface area contributed by atoms with Gasteiger partial charge < -0.3 is 15.4 Å². The molecule has 6 nitrogen and oxygen atoms in total. The number of aryl methyl sites for hydroxylation is 1. The van der Waals surface area contributed by atoms with Gasteiger partial charge in [0.2, 0.25) is 0 Å². The molecule has 0 amide bonds. The molecule has 6 heteroatoms. The molecule has 110 valence electrons. The molecule has 1 aromatic carbocycles. The number of benzene rings is 1. The molecular formula is C15H17N3O3. The van der Waals surface area contributed by atoms with E-state index in [1.54, 1.807) is 19.1 Å². The zero-order valence-corrected chi connectivity index (χ0v) is 12.1. The Labute approximate surface area is 121 Å². The van der Waals surface area contributed by atoms with E-state index in [0.717, 1.165) is 0 Å². The first kappa shape index (κ1) is 14.8. The van der Waals surface area contributed by atoms with Gasteiger partial charge in [-0.25, -0.2) is 9.78 Å². The minimum Gasteiger partial charge on any atom is -0.478 e. The quantitative estimate of drug-likeness (QED) is 0.803. The summed E-state index contributed by atoms with van der Waals surface area (Å²) in [6.45, 7) is 5.59. The first-order chi connectivity index (χ1) is 9.86. The zero-order valence-electron chi connectivity index (χ0n) is 12.1. The highest BCUT2D eigenvalue weighted by Crippen LogP contribution is 2.19. The highest BCUT2D eigenvalue weighted by atomic mass is 16.4. The van der Waals surface area contributed by atoms with Gasteiger partial charge >= 0.3 is 5.97 Å². The van der Waals surface area contributed by atoms with Crippen LogP contribution in [0.3, 0.4) is 0 Å². The van der Waals surface area contributed by atoms with Crippen LogP contribution < -0.4 is 10.9 Å². The van der Waals surface area contributed by atoms with Crippen molar-refractivity contribution >= 4 is 17.5 Å². The lowest BCUT2D eigenvalue weighted by Crippen LogP contribution is -2.13. The average molecular weight is 287 g/mol. The minimum absolute atomic E-state index is 0.0899. The van der Waals surface area contributed by atoms with Crippen LogP contribution in [0.1, 0.15) is 41.5 Å². The fourth-order valence-corrected chi connectivity index (χ4v) is 1.89. The van der Waals surface area contributed by atoms with Gasteiger partial charge in [0.1, 0.15) is 11.6 Å². The fourth-order valence-electron chi connectivity index (χ4n) is 1.89. The number of carbonyl (C=O) groups is 1. The van der Waals surface area contributed by atoms with Crippen LogP contribution in [0.4, 0.5) is 11.5 Å². The predicted molar refractivity (Wildman–Crippen MR) is 80.4 cm³/mol. The van der Waals surface area contributed by atoms with E-state index in [1.807, 2.05) is 13.8 Å². The molecule has 0 fully saturated rings. The van der Waals surface area contributed by atoms with Crippen LogP contribution in [0, 0.1) is 6.92 Å². The second-order valence-electron chi connectivity index (χ2n) is 5.13. The summed E-state index contributed by atoms with van der Waals surface area (Å²) in [5.41, 5.74) is 1.22. The Balaban J connectivity index is 2.36. The van der Waals surface area contributed by atoms with Crippen LogP contribution in [-0.4, -0.2) is 21.0 Å². The second kappa shape index (κ2) is 5.78. The number of aromatic carboxylic acids is 1. The van der Waals surface area contributed by atoms with E-state index in [4.69, 9.17) is 5.11 Å². The zero-order chi connectivity index (χ0) is 15.6. The number of anilines is 2. The normalized spacial score (nSPS) is 10.7. The maximum absolute atomic E-state index is 11.6. The molecule has 0 saturated heterocycles. The third kappa shape index (κ3) is 3.47. The number of carboxylic acid groups (broad SMARTS) is 1. The van der Waals surface area contributed by atoms with Crippen molar-refractivity contribution in [2.75, 3.05) is 5.32 Å². The minimum atomic E-state index is -0.988. The Morgan fingerprint density at radius 2 is 2.05 bits per heavy atom. The van der Waals surface area contributed by atoms with E-state index in [1.165, 1.54) is 12.1 Å². The maximum Gasteiger partial charge on any atom is 0.336 e. The summed E-state index contributed by atoms with van der Waals surface area (Å²) in [6.07, 6.45) is 0. The van der Waals surface area contributed by atoms with Gasteiger partial charge in [-0.1, -0.05) is 19.9 Å². The average Bonchev–Trinajstić information content (AvgIpc) is 2.40. The number of rotatable bonds is 4. The molecule has 21 heavy (non-hydrogen) atoms. The molecule has 0 radical (unpaired) electrons. The van der Waals surface area contributed by atoms with Crippen LogP contribution in [0.25, 0.3) is 0 Å². The molecule has 0 spiro atoms. The number of hydrogen-bond donors (Lipinski definition) is 3. The molecule has 0 bridgehead atoms. The van der Waals surface area contributed by atoms with Crippen LogP contribution in [0.15, 0.2) is 29.1 Å². The molecule has 0 aliphatic rings. The number of H-pyrrole nitrogens is 1. The van der Waals surface area contributed by atoms with Gasteiger partial charge in [0, 0.05) is 17.7 Å². The molecule has 0 atom stereocenters. The van der Waals surface area contributed by atoms with E-state index in [-0.39, 0.29) is 17.0 Å². The molecule has 0 aliphatic heterocycles. The predicted octanol–water partition coefficient (Wildman–Crippen LogP) is 2.64. The first-order valence-electron chi connectivity index (χ1n) is 6.59. The molecular weight excluding hydrogens is 270 g/mol. The van der Waals surface area contributed by atoms with Crippen molar-refractivity contribution in [2.45, 2.75) is 26.7 Å². The topological polar surface area (TPSA) is 95.1 Å². The molecule has 3 N–H and O–H groups in total. The van der Waals surface area contributed by atoms with E-state index in [0.29, 0.717) is 22.9 Å². The van der Waals surface area contributed by atoms with Crippen molar-refractivity contribution in [3.63, 3.8) is 0 Å². The van der Waals surface area contributed by atoms with Gasteiger partial charge in [0.15, 0.2) is 0 Å². The fraction of sp³-hybridized carbons (Fsp3) is 0.267. The molecule has 0 unspecified atom stereocenters. The summed E-state index contributed by atoms with van der Waals surface area (Å²) in [5.74, 6) is 0.0724. The molecule has 0 aliphatic carbocycles. The van der Waals surface area contributed by atoms with E-state index in [2.05, 4.69) is 15.3 Å². The Bertz CT molecular complexity index is 735. The van der Waals surface area contributed by atoms with E-state index < -0.39 is 5.97 Å². The summed E-state index contributed by atoms with van der Waals surface area (Å²) in [4.78, 5) is 29.7. The van der Waals surface area contributed by atoms with Crippen LogP contribution in [0.2, 0.25) is 0 Å². The van der Waals surface area contributed by atoms with Gasteiger partial charge in [-0.15, -0.1) is 0 Å².